The van der Waals surface area contributed by atoms with Gasteiger partial charge in [0, 0.05) is 23.2 Å². The average Bonchev–Trinajstić information content (AvgIpc) is 3.42. The van der Waals surface area contributed by atoms with Crippen LogP contribution >= 0.6 is 11.3 Å². The topological polar surface area (TPSA) is 46.1 Å². The zero-order chi connectivity index (χ0) is 21.9. The van der Waals surface area contributed by atoms with Crippen LogP contribution in [0, 0.1) is 0 Å². The standard InChI is InChI=1S/C24H34N3O2S2/c1-4-29-26-24-11-8-20-18-22(9-10-23(20)24)28-16-7-5-6-14-27(31(2)3)15-13-25-21-12-17-30-19-21/h9-10,12,17-19,25H,2-8,11,13-16H2,1H3/q-1. The van der Waals surface area contributed by atoms with E-state index in [1.54, 1.807) is 11.3 Å². The Kier molecular flexibility index (Phi) is 9.78. The van der Waals surface area contributed by atoms with Gasteiger partial charge in [0.05, 0.1) is 12.3 Å². The Hall–Kier alpha value is -1.96. The SMILES string of the molecule is C=[S-](=C)N(CCCCCOc1ccc2c(c1)CCC2=NOCC)CCNc1ccsc1. The highest BCUT2D eigenvalue weighted by atomic mass is 32.2. The minimum Gasteiger partial charge on any atom is -0.494 e. The number of benzene rings is 1. The first-order valence-corrected chi connectivity index (χ1v) is 13.4. The summed E-state index contributed by atoms with van der Waals surface area (Å²) in [6, 6.07) is 8.42. The fourth-order valence-corrected chi connectivity index (χ4v) is 4.94. The predicted octanol–water partition coefficient (Wildman–Crippen LogP) is 4.80. The van der Waals surface area contributed by atoms with Crippen molar-refractivity contribution in [1.29, 1.82) is 0 Å². The lowest BCUT2D eigenvalue weighted by Gasteiger charge is -2.30. The normalized spacial score (nSPS) is 14.4. The first kappa shape index (κ1) is 23.7. The monoisotopic (exact) mass is 460 g/mol. The Morgan fingerprint density at radius 2 is 2.06 bits per heavy atom. The summed E-state index contributed by atoms with van der Waals surface area (Å²) in [7, 11) is -0.198. The first-order valence-electron chi connectivity index (χ1n) is 11.0. The smallest absolute Gasteiger partial charge is 0.119 e. The van der Waals surface area contributed by atoms with E-state index in [2.05, 4.69) is 55.5 Å². The molecule has 0 saturated carbocycles. The van der Waals surface area contributed by atoms with Gasteiger partial charge in [-0.15, -0.1) is 0 Å². The third kappa shape index (κ3) is 7.59. The minimum atomic E-state index is -0.198. The molecular formula is C24H34N3O2S2-. The van der Waals surface area contributed by atoms with Gasteiger partial charge >= 0.3 is 0 Å². The molecule has 1 aliphatic carbocycles. The van der Waals surface area contributed by atoms with Gasteiger partial charge in [0.1, 0.15) is 12.4 Å². The van der Waals surface area contributed by atoms with E-state index < -0.39 is 0 Å². The second kappa shape index (κ2) is 12.8. The van der Waals surface area contributed by atoms with E-state index in [9.17, 15) is 0 Å². The fraction of sp³-hybridized carbons (Fsp3) is 0.458. The third-order valence-electron chi connectivity index (χ3n) is 5.22. The van der Waals surface area contributed by atoms with Crippen molar-refractivity contribution >= 4 is 44.7 Å². The van der Waals surface area contributed by atoms with Crippen LogP contribution in [0.1, 0.15) is 43.7 Å². The Morgan fingerprint density at radius 3 is 2.84 bits per heavy atom. The lowest BCUT2D eigenvalue weighted by Crippen LogP contribution is -2.28. The highest BCUT2D eigenvalue weighted by Crippen LogP contribution is 2.27. The second-order valence-corrected chi connectivity index (χ2v) is 9.74. The Balaban J connectivity index is 1.32. The maximum absolute atomic E-state index is 5.99. The van der Waals surface area contributed by atoms with Gasteiger partial charge < -0.3 is 29.5 Å². The zero-order valence-corrected chi connectivity index (χ0v) is 20.1. The third-order valence-corrected chi connectivity index (χ3v) is 7.00. The van der Waals surface area contributed by atoms with E-state index in [0.29, 0.717) is 6.61 Å². The summed E-state index contributed by atoms with van der Waals surface area (Å²) in [5.41, 5.74) is 4.75. The van der Waals surface area contributed by atoms with Crippen LogP contribution in [0.15, 0.2) is 40.2 Å². The molecule has 3 rings (SSSR count). The number of hydrogen-bond donors (Lipinski definition) is 1. The second-order valence-electron chi connectivity index (χ2n) is 7.51. The molecule has 1 aromatic carbocycles. The number of aryl methyl sites for hydroxylation is 1. The maximum atomic E-state index is 5.99. The van der Waals surface area contributed by atoms with Gasteiger partial charge in [-0.2, -0.15) is 11.3 Å². The van der Waals surface area contributed by atoms with Gasteiger partial charge in [0.15, 0.2) is 0 Å². The molecule has 0 spiro atoms. The number of nitrogens with one attached hydrogen (secondary N) is 1. The predicted molar refractivity (Wildman–Crippen MR) is 138 cm³/mol. The van der Waals surface area contributed by atoms with Crippen molar-refractivity contribution in [1.82, 2.24) is 4.31 Å². The number of unbranched alkanes of at least 4 members (excludes halogenated alkanes) is 2. The van der Waals surface area contributed by atoms with E-state index in [1.165, 1.54) is 16.8 Å². The molecular weight excluding hydrogens is 426 g/mol. The number of ether oxygens (including phenoxy) is 1. The summed E-state index contributed by atoms with van der Waals surface area (Å²) in [6.07, 6.45) is 5.28. The van der Waals surface area contributed by atoms with Gasteiger partial charge in [-0.25, -0.2) is 11.7 Å². The molecule has 0 aliphatic heterocycles. The van der Waals surface area contributed by atoms with Crippen molar-refractivity contribution < 1.29 is 9.57 Å². The first-order chi connectivity index (χ1) is 15.2. The van der Waals surface area contributed by atoms with Crippen LogP contribution in [0.25, 0.3) is 0 Å². The van der Waals surface area contributed by atoms with Crippen molar-refractivity contribution in [2.75, 3.05) is 38.2 Å². The quantitative estimate of drug-likeness (QED) is 0.190. The molecule has 31 heavy (non-hydrogen) atoms. The number of rotatable bonds is 14. The largest absolute Gasteiger partial charge is 0.494 e. The summed E-state index contributed by atoms with van der Waals surface area (Å²) in [4.78, 5) is 5.22. The molecule has 0 atom stereocenters. The number of nitrogens with zero attached hydrogens (tertiary/aromatic N) is 2. The fourth-order valence-electron chi connectivity index (χ4n) is 3.59. The molecule has 5 nitrogen and oxygen atoms in total. The molecule has 0 fully saturated rings. The lowest BCUT2D eigenvalue weighted by atomic mass is 10.1. The molecule has 1 N–H and O–H groups in total. The summed E-state index contributed by atoms with van der Waals surface area (Å²) in [5, 5.41) is 11.9. The van der Waals surface area contributed by atoms with Gasteiger partial charge in [-0.3, -0.25) is 0 Å². The lowest BCUT2D eigenvalue weighted by molar-refractivity contribution is 0.158. The van der Waals surface area contributed by atoms with Gasteiger partial charge in [0.25, 0.3) is 0 Å². The Morgan fingerprint density at radius 1 is 1.16 bits per heavy atom. The van der Waals surface area contributed by atoms with Crippen LogP contribution in [-0.4, -0.2) is 54.6 Å². The number of fused-ring (bicyclic) bond motifs is 1. The van der Waals surface area contributed by atoms with Crippen molar-refractivity contribution in [2.45, 2.75) is 39.0 Å². The van der Waals surface area contributed by atoms with Crippen LogP contribution in [0.5, 0.6) is 5.75 Å². The molecule has 1 aliphatic rings. The van der Waals surface area contributed by atoms with E-state index in [-0.39, 0.29) is 10.3 Å². The molecule has 0 unspecified atom stereocenters. The molecule has 0 amide bonds. The average molecular weight is 461 g/mol. The van der Waals surface area contributed by atoms with E-state index in [4.69, 9.17) is 9.57 Å². The zero-order valence-electron chi connectivity index (χ0n) is 18.5. The van der Waals surface area contributed by atoms with Crippen LogP contribution in [0.3, 0.4) is 0 Å². The minimum absolute atomic E-state index is 0.198. The number of oxime groups is 1. The number of anilines is 1. The molecule has 0 saturated heterocycles. The van der Waals surface area contributed by atoms with Crippen LogP contribution in [0.4, 0.5) is 5.69 Å². The highest BCUT2D eigenvalue weighted by molar-refractivity contribution is 7.89. The van der Waals surface area contributed by atoms with Gasteiger partial charge in [0.2, 0.25) is 0 Å². The van der Waals surface area contributed by atoms with Crippen molar-refractivity contribution in [3.05, 3.63) is 46.2 Å². The molecule has 7 heteroatoms. The Bertz CT molecular complexity index is 900. The summed E-state index contributed by atoms with van der Waals surface area (Å²) < 4.78 is 8.35. The molecule has 170 valence electrons. The van der Waals surface area contributed by atoms with Crippen molar-refractivity contribution in [3.63, 3.8) is 0 Å². The summed E-state index contributed by atoms with van der Waals surface area (Å²) in [5.74, 6) is 9.22. The molecule has 1 aromatic heterocycles. The summed E-state index contributed by atoms with van der Waals surface area (Å²) in [6.45, 7) is 6.22. The molecule has 1 heterocycles. The highest BCUT2D eigenvalue weighted by Gasteiger charge is 2.18. The van der Waals surface area contributed by atoms with Crippen LogP contribution in [-0.2, 0) is 21.5 Å². The van der Waals surface area contributed by atoms with Crippen molar-refractivity contribution in [3.8, 4) is 5.75 Å². The summed E-state index contributed by atoms with van der Waals surface area (Å²) >= 11 is 1.71. The van der Waals surface area contributed by atoms with Crippen molar-refractivity contribution in [2.24, 2.45) is 5.16 Å². The molecule has 0 bridgehead atoms. The van der Waals surface area contributed by atoms with Crippen LogP contribution < -0.4 is 10.1 Å². The van der Waals surface area contributed by atoms with Crippen LogP contribution in [0.2, 0.25) is 0 Å². The Labute approximate surface area is 192 Å². The van der Waals surface area contributed by atoms with E-state index in [0.717, 1.165) is 69.8 Å². The number of thiophene rings is 1. The number of hydrogen-bond acceptors (Lipinski definition) is 7. The maximum Gasteiger partial charge on any atom is 0.119 e. The molecule has 2 aromatic rings. The van der Waals surface area contributed by atoms with E-state index in [1.807, 2.05) is 13.0 Å². The van der Waals surface area contributed by atoms with Gasteiger partial charge in [-0.1, -0.05) is 5.16 Å². The molecule has 0 radical (unpaired) electrons. The van der Waals surface area contributed by atoms with Gasteiger partial charge in [-0.05, 0) is 87.3 Å². The van der Waals surface area contributed by atoms with E-state index >= 15 is 0 Å².